The van der Waals surface area contributed by atoms with Gasteiger partial charge in [0.25, 0.3) is 0 Å². The fourth-order valence-corrected chi connectivity index (χ4v) is 7.06. The highest BCUT2D eigenvalue weighted by atomic mass is 16.6. The molecule has 0 unspecified atom stereocenters. The summed E-state index contributed by atoms with van der Waals surface area (Å²) in [7, 11) is 0. The van der Waals surface area contributed by atoms with Crippen LogP contribution in [-0.4, -0.2) is 71.8 Å². The second-order valence-corrected chi connectivity index (χ2v) is 16.8. The molecule has 6 rings (SSSR count). The number of nitrogens with one attached hydrogen (secondary N) is 2. The molecule has 2 heterocycles. The number of rotatable bonds is 17. The molecule has 0 atom stereocenters. The number of fused-ring (bicyclic) bond motifs is 2. The van der Waals surface area contributed by atoms with E-state index in [-0.39, 0.29) is 73.5 Å². The summed E-state index contributed by atoms with van der Waals surface area (Å²) in [5.41, 5.74) is 7.95. The Kier molecular flexibility index (Phi) is 13.3. The molecule has 0 radical (unpaired) electrons. The molecule has 4 N–H and O–H groups in total. The summed E-state index contributed by atoms with van der Waals surface area (Å²) in [5.74, 6) is -0.176. The van der Waals surface area contributed by atoms with E-state index in [0.717, 1.165) is 55.4 Å². The van der Waals surface area contributed by atoms with Crippen LogP contribution < -0.4 is 0 Å². The highest BCUT2D eigenvalue weighted by Gasteiger charge is 2.24. The van der Waals surface area contributed by atoms with Gasteiger partial charge in [0.05, 0.1) is 37.8 Å². The molecule has 58 heavy (non-hydrogen) atoms. The van der Waals surface area contributed by atoms with Crippen molar-refractivity contribution in [1.82, 2.24) is 9.97 Å². The van der Waals surface area contributed by atoms with Gasteiger partial charge in [-0.05, 0) is 71.2 Å². The SMILES string of the molecule is CC(C)(C)c1cc(CCC(=O)OCCOCCOCCOC(=O)CCc2cc(-c3cc4ccccc4[nH]3)c(O)c(C(C)(C)C)c2)cc(-c2cc3ccccc3[nH]2)c1O. The monoisotopic (exact) mass is 788 g/mol. The average molecular weight is 789 g/mol. The number of para-hydroxylation sites is 2. The van der Waals surface area contributed by atoms with Gasteiger partial charge in [0.1, 0.15) is 24.7 Å². The second kappa shape index (κ2) is 18.3. The molecule has 10 nitrogen and oxygen atoms in total. The Labute approximate surface area is 340 Å². The quantitative estimate of drug-likeness (QED) is 0.0529. The Balaban J connectivity index is 0.872. The highest BCUT2D eigenvalue weighted by molar-refractivity contribution is 5.88. The lowest BCUT2D eigenvalue weighted by Crippen LogP contribution is -2.16. The largest absolute Gasteiger partial charge is 0.507 e. The minimum absolute atomic E-state index is 0.126. The topological polar surface area (TPSA) is 143 Å². The number of aromatic amines is 2. The number of aromatic nitrogens is 2. The van der Waals surface area contributed by atoms with Crippen LogP contribution in [0.15, 0.2) is 84.9 Å². The van der Waals surface area contributed by atoms with Gasteiger partial charge >= 0.3 is 11.9 Å². The van der Waals surface area contributed by atoms with Crippen molar-refractivity contribution >= 4 is 33.7 Å². The third-order valence-corrected chi connectivity index (χ3v) is 10.2. The smallest absolute Gasteiger partial charge is 0.306 e. The first-order valence-electron chi connectivity index (χ1n) is 20.0. The number of phenols is 2. The summed E-state index contributed by atoms with van der Waals surface area (Å²) in [6.45, 7) is 13.7. The molecule has 10 heteroatoms. The lowest BCUT2D eigenvalue weighted by atomic mass is 9.83. The molecule has 0 spiro atoms. The maximum Gasteiger partial charge on any atom is 0.306 e. The van der Waals surface area contributed by atoms with Crippen LogP contribution in [0, 0.1) is 0 Å². The van der Waals surface area contributed by atoms with Gasteiger partial charge in [-0.1, -0.05) is 90.1 Å². The van der Waals surface area contributed by atoms with Crippen LogP contribution in [0.2, 0.25) is 0 Å². The maximum absolute atomic E-state index is 12.6. The van der Waals surface area contributed by atoms with Gasteiger partial charge in [0.2, 0.25) is 0 Å². The van der Waals surface area contributed by atoms with Crippen molar-refractivity contribution in [3.05, 3.63) is 107 Å². The second-order valence-electron chi connectivity index (χ2n) is 16.8. The number of carbonyl (C=O) groups excluding carboxylic acids is 2. The standard InChI is InChI=1S/C48H56N2O8/c1-47(2,3)37-27-31(25-35(45(37)53)41-29-33-11-7-9-13-39(33)49-41)15-17-43(51)57-23-21-55-19-20-56-22-24-58-44(52)18-16-32-26-36(46(54)38(28-32)48(4,5)6)42-30-34-12-8-10-14-40(34)50-42/h7-14,25-30,49-50,53-54H,15-24H2,1-6H3. The molecule has 0 amide bonds. The number of phenolic OH excluding ortho intramolecular Hbond substituents is 2. The van der Waals surface area contributed by atoms with E-state index < -0.39 is 0 Å². The Hall–Kier alpha value is -5.58. The molecular formula is C48H56N2O8. The summed E-state index contributed by atoms with van der Waals surface area (Å²) < 4.78 is 21.9. The average Bonchev–Trinajstić information content (AvgIpc) is 3.81. The summed E-state index contributed by atoms with van der Waals surface area (Å²) in [4.78, 5) is 32.0. The fraction of sp³-hybridized carbons (Fsp3) is 0.375. The zero-order valence-electron chi connectivity index (χ0n) is 34.5. The van der Waals surface area contributed by atoms with Crippen molar-refractivity contribution in [2.24, 2.45) is 0 Å². The molecule has 0 aliphatic heterocycles. The van der Waals surface area contributed by atoms with E-state index in [2.05, 4.69) is 51.5 Å². The van der Waals surface area contributed by atoms with Crippen molar-refractivity contribution in [3.8, 4) is 34.0 Å². The van der Waals surface area contributed by atoms with Crippen molar-refractivity contribution < 1.29 is 38.7 Å². The molecule has 4 aromatic carbocycles. The van der Waals surface area contributed by atoms with Crippen molar-refractivity contribution in [3.63, 3.8) is 0 Å². The van der Waals surface area contributed by atoms with Gasteiger partial charge in [-0.3, -0.25) is 9.59 Å². The van der Waals surface area contributed by atoms with E-state index in [9.17, 15) is 19.8 Å². The number of ether oxygens (including phenoxy) is 4. The van der Waals surface area contributed by atoms with Crippen LogP contribution in [0.1, 0.15) is 76.6 Å². The summed E-state index contributed by atoms with van der Waals surface area (Å²) in [6, 6.07) is 27.8. The summed E-state index contributed by atoms with van der Waals surface area (Å²) in [5, 5.41) is 24.6. The minimum atomic E-state index is -0.325. The fourth-order valence-electron chi connectivity index (χ4n) is 7.06. The van der Waals surface area contributed by atoms with E-state index in [1.54, 1.807) is 0 Å². The van der Waals surface area contributed by atoms with Crippen LogP contribution in [-0.2, 0) is 52.2 Å². The van der Waals surface area contributed by atoms with E-state index in [0.29, 0.717) is 37.2 Å². The van der Waals surface area contributed by atoms with Crippen LogP contribution in [0.25, 0.3) is 44.3 Å². The minimum Gasteiger partial charge on any atom is -0.507 e. The van der Waals surface area contributed by atoms with Crippen LogP contribution in [0.4, 0.5) is 0 Å². The number of aryl methyl sites for hydroxylation is 2. The van der Waals surface area contributed by atoms with Crippen molar-refractivity contribution in [2.45, 2.75) is 78.1 Å². The Morgan fingerprint density at radius 1 is 0.534 bits per heavy atom. The van der Waals surface area contributed by atoms with Gasteiger partial charge in [-0.2, -0.15) is 0 Å². The molecule has 0 bridgehead atoms. The first-order valence-corrected chi connectivity index (χ1v) is 20.0. The molecule has 0 aliphatic carbocycles. The number of benzene rings is 4. The number of aromatic hydroxyl groups is 2. The van der Waals surface area contributed by atoms with E-state index in [4.69, 9.17) is 18.9 Å². The first kappa shape index (κ1) is 42.0. The molecule has 0 saturated heterocycles. The third kappa shape index (κ3) is 10.7. The zero-order valence-corrected chi connectivity index (χ0v) is 34.5. The Bertz CT molecular complexity index is 2130. The third-order valence-electron chi connectivity index (χ3n) is 10.2. The predicted octanol–water partition coefficient (Wildman–Crippen LogP) is 9.67. The Morgan fingerprint density at radius 3 is 1.29 bits per heavy atom. The molecule has 0 aliphatic rings. The summed E-state index contributed by atoms with van der Waals surface area (Å²) >= 11 is 0. The number of H-pyrrole nitrogens is 2. The molecule has 2 aromatic heterocycles. The van der Waals surface area contributed by atoms with Crippen LogP contribution in [0.3, 0.4) is 0 Å². The van der Waals surface area contributed by atoms with Gasteiger partial charge in [-0.15, -0.1) is 0 Å². The van der Waals surface area contributed by atoms with Gasteiger partial charge < -0.3 is 39.1 Å². The molecule has 6 aromatic rings. The van der Waals surface area contributed by atoms with E-state index in [1.807, 2.05) is 84.9 Å². The van der Waals surface area contributed by atoms with Crippen LogP contribution in [0.5, 0.6) is 11.5 Å². The maximum atomic E-state index is 12.6. The highest BCUT2D eigenvalue weighted by Crippen LogP contribution is 2.42. The summed E-state index contributed by atoms with van der Waals surface area (Å²) in [6.07, 6.45) is 1.33. The zero-order chi connectivity index (χ0) is 41.5. The van der Waals surface area contributed by atoms with Gasteiger partial charge in [-0.25, -0.2) is 0 Å². The number of hydrogen-bond donors (Lipinski definition) is 4. The van der Waals surface area contributed by atoms with Crippen molar-refractivity contribution in [2.75, 3.05) is 39.6 Å². The van der Waals surface area contributed by atoms with Gasteiger partial charge in [0.15, 0.2) is 0 Å². The molecule has 0 fully saturated rings. The molecule has 0 saturated carbocycles. The number of esters is 2. The van der Waals surface area contributed by atoms with E-state index in [1.165, 1.54) is 0 Å². The van der Waals surface area contributed by atoms with E-state index >= 15 is 0 Å². The number of carbonyl (C=O) groups is 2. The normalized spacial score (nSPS) is 12.0. The van der Waals surface area contributed by atoms with Crippen molar-refractivity contribution in [1.29, 1.82) is 0 Å². The molecular weight excluding hydrogens is 733 g/mol. The lowest BCUT2D eigenvalue weighted by Gasteiger charge is -2.23. The number of hydrogen-bond acceptors (Lipinski definition) is 8. The van der Waals surface area contributed by atoms with Gasteiger partial charge in [0, 0.05) is 56.9 Å². The Morgan fingerprint density at radius 2 is 0.914 bits per heavy atom. The predicted molar refractivity (Wildman–Crippen MR) is 228 cm³/mol. The lowest BCUT2D eigenvalue weighted by molar-refractivity contribution is -0.146. The molecule has 306 valence electrons. The first-order chi connectivity index (χ1) is 27.7. The van der Waals surface area contributed by atoms with Crippen LogP contribution >= 0.6 is 0 Å².